The smallest absolute Gasteiger partial charge is 0.269 e. The summed E-state index contributed by atoms with van der Waals surface area (Å²) in [5.74, 6) is -0.113. The molecule has 10 heteroatoms. The van der Waals surface area contributed by atoms with Gasteiger partial charge in [0.25, 0.3) is 17.5 Å². The van der Waals surface area contributed by atoms with Crippen LogP contribution in [0.4, 0.5) is 5.69 Å². The summed E-state index contributed by atoms with van der Waals surface area (Å²) < 4.78 is 11.1. The molecule has 2 amide bonds. The second-order valence-corrected chi connectivity index (χ2v) is 7.02. The maximum Gasteiger partial charge on any atom is 0.269 e. The molecule has 1 heterocycles. The molecule has 1 fully saturated rings. The minimum absolute atomic E-state index is 0.0315. The minimum atomic E-state index is -0.584. The van der Waals surface area contributed by atoms with Crippen LogP contribution in [0.5, 0.6) is 11.5 Å². The Morgan fingerprint density at radius 3 is 2.56 bits per heavy atom. The number of ether oxygens (including phenoxy) is 2. The number of rotatable bonds is 8. The summed E-state index contributed by atoms with van der Waals surface area (Å²) in [6.45, 7) is 3.87. The van der Waals surface area contributed by atoms with Crippen molar-refractivity contribution in [1.29, 1.82) is 0 Å². The summed E-state index contributed by atoms with van der Waals surface area (Å²) in [5.41, 5.74) is 1.14. The Morgan fingerprint density at radius 1 is 1.22 bits per heavy atom. The molecule has 0 spiro atoms. The molecule has 1 aliphatic rings. The molecular weight excluding hydrogens is 434 g/mol. The predicted octanol–water partition coefficient (Wildman–Crippen LogP) is 3.00. The van der Waals surface area contributed by atoms with E-state index in [1.165, 1.54) is 48.4 Å². The van der Waals surface area contributed by atoms with Gasteiger partial charge >= 0.3 is 0 Å². The van der Waals surface area contributed by atoms with Gasteiger partial charge in [0.15, 0.2) is 5.11 Å². The number of hydrogen-bond acceptors (Lipinski definition) is 7. The molecule has 0 unspecified atom stereocenters. The van der Waals surface area contributed by atoms with Gasteiger partial charge in [0, 0.05) is 24.2 Å². The molecule has 0 radical (unpaired) electrons. The highest BCUT2D eigenvalue weighted by molar-refractivity contribution is 7.80. The third-order valence-electron chi connectivity index (χ3n) is 4.55. The number of nitrogens with one attached hydrogen (secondary N) is 1. The van der Waals surface area contributed by atoms with Gasteiger partial charge in [-0.1, -0.05) is 12.1 Å². The van der Waals surface area contributed by atoms with Crippen molar-refractivity contribution in [3.05, 3.63) is 81.9 Å². The number of nitro benzene ring substituents is 1. The monoisotopic (exact) mass is 453 g/mol. The van der Waals surface area contributed by atoms with E-state index in [2.05, 4.69) is 11.9 Å². The number of methoxy groups -OCH3 is 1. The maximum absolute atomic E-state index is 12.7. The zero-order valence-corrected chi connectivity index (χ0v) is 17.9. The molecule has 2 aromatic rings. The molecule has 3 rings (SSSR count). The molecule has 9 nitrogen and oxygen atoms in total. The van der Waals surface area contributed by atoms with Crippen LogP contribution in [0.2, 0.25) is 0 Å². The van der Waals surface area contributed by atoms with Gasteiger partial charge in [0.05, 0.1) is 12.0 Å². The van der Waals surface area contributed by atoms with Crippen molar-refractivity contribution in [2.45, 2.75) is 6.61 Å². The summed E-state index contributed by atoms with van der Waals surface area (Å²) in [6, 6.07) is 10.8. The van der Waals surface area contributed by atoms with E-state index in [1.807, 2.05) is 0 Å². The lowest BCUT2D eigenvalue weighted by molar-refractivity contribution is -0.384. The van der Waals surface area contributed by atoms with E-state index in [0.29, 0.717) is 22.6 Å². The van der Waals surface area contributed by atoms with Crippen molar-refractivity contribution in [2.24, 2.45) is 0 Å². The van der Waals surface area contributed by atoms with Crippen molar-refractivity contribution in [2.75, 3.05) is 13.7 Å². The lowest BCUT2D eigenvalue weighted by Gasteiger charge is -2.27. The van der Waals surface area contributed by atoms with Crippen LogP contribution in [0.15, 0.2) is 60.7 Å². The number of carbonyl (C=O) groups excluding carboxylic acids is 2. The van der Waals surface area contributed by atoms with Crippen LogP contribution in [-0.2, 0) is 16.2 Å². The molecule has 32 heavy (non-hydrogen) atoms. The summed E-state index contributed by atoms with van der Waals surface area (Å²) in [6.07, 6.45) is 2.98. The topological polar surface area (TPSA) is 111 Å². The molecule has 0 aliphatic carbocycles. The minimum Gasteiger partial charge on any atom is -0.496 e. The number of nitro groups is 1. The van der Waals surface area contributed by atoms with E-state index in [-0.39, 0.29) is 29.5 Å². The molecule has 164 valence electrons. The Morgan fingerprint density at radius 2 is 1.94 bits per heavy atom. The third-order valence-corrected chi connectivity index (χ3v) is 4.88. The molecule has 1 saturated heterocycles. The lowest BCUT2D eigenvalue weighted by Crippen LogP contribution is -2.53. The number of thiocarbonyl (C=S) groups is 1. The molecule has 0 saturated carbocycles. The standard InChI is InChI=1S/C22H19N3O6S/c1-3-10-24-21(27)18(20(26)23-22(24)32)12-14-4-9-19(30-2)15(11-14)13-31-17-7-5-16(6-8-17)25(28)29/h3-9,11-12H,1,10,13H2,2H3,(H,23,26,32)/b18-12+. The van der Waals surface area contributed by atoms with Crippen LogP contribution in [0.1, 0.15) is 11.1 Å². The Balaban J connectivity index is 1.84. The first-order valence-electron chi connectivity index (χ1n) is 9.38. The van der Waals surface area contributed by atoms with Gasteiger partial charge in [-0.3, -0.25) is 29.9 Å². The van der Waals surface area contributed by atoms with E-state index < -0.39 is 16.7 Å². The molecule has 1 N–H and O–H groups in total. The third kappa shape index (κ3) is 4.98. The van der Waals surface area contributed by atoms with Gasteiger partial charge in [-0.15, -0.1) is 6.58 Å². The number of non-ortho nitro benzene ring substituents is 1. The van der Waals surface area contributed by atoms with Gasteiger partial charge in [-0.25, -0.2) is 0 Å². The normalized spacial score (nSPS) is 14.8. The maximum atomic E-state index is 12.7. The van der Waals surface area contributed by atoms with E-state index in [4.69, 9.17) is 21.7 Å². The van der Waals surface area contributed by atoms with Crippen molar-refractivity contribution < 1.29 is 24.0 Å². The van der Waals surface area contributed by atoms with Crippen LogP contribution in [-0.4, -0.2) is 40.4 Å². The quantitative estimate of drug-likeness (QED) is 0.163. The summed E-state index contributed by atoms with van der Waals surface area (Å²) >= 11 is 5.05. The summed E-state index contributed by atoms with van der Waals surface area (Å²) in [4.78, 5) is 36.6. The highest BCUT2D eigenvalue weighted by Gasteiger charge is 2.32. The van der Waals surface area contributed by atoms with Crippen LogP contribution in [0.25, 0.3) is 6.08 Å². The van der Waals surface area contributed by atoms with Crippen LogP contribution < -0.4 is 14.8 Å². The number of hydrogen-bond donors (Lipinski definition) is 1. The van der Waals surface area contributed by atoms with E-state index in [1.54, 1.807) is 18.2 Å². The number of nitrogens with zero attached hydrogens (tertiary/aromatic N) is 2. The fourth-order valence-electron chi connectivity index (χ4n) is 2.98. The molecule has 0 atom stereocenters. The van der Waals surface area contributed by atoms with E-state index in [9.17, 15) is 19.7 Å². The largest absolute Gasteiger partial charge is 0.496 e. The van der Waals surface area contributed by atoms with Gasteiger partial charge in [-0.05, 0) is 48.1 Å². The fourth-order valence-corrected chi connectivity index (χ4v) is 3.23. The Hall–Kier alpha value is -4.05. The van der Waals surface area contributed by atoms with E-state index >= 15 is 0 Å². The fraction of sp³-hybridized carbons (Fsp3) is 0.136. The average Bonchev–Trinajstić information content (AvgIpc) is 2.78. The predicted molar refractivity (Wildman–Crippen MR) is 121 cm³/mol. The van der Waals surface area contributed by atoms with Gasteiger partial charge in [0.2, 0.25) is 0 Å². The second kappa shape index (κ2) is 9.84. The lowest BCUT2D eigenvalue weighted by atomic mass is 10.0. The van der Waals surface area contributed by atoms with Crippen LogP contribution in [0, 0.1) is 10.1 Å². The second-order valence-electron chi connectivity index (χ2n) is 6.63. The first-order chi connectivity index (χ1) is 15.3. The SMILES string of the molecule is C=CCN1C(=O)/C(=C/c2ccc(OC)c(COc3ccc([N+](=O)[O-])cc3)c2)C(=O)NC1=S. The zero-order valence-electron chi connectivity index (χ0n) is 17.1. The van der Waals surface area contributed by atoms with Crippen molar-refractivity contribution in [3.8, 4) is 11.5 Å². The molecule has 1 aliphatic heterocycles. The Kier molecular flexibility index (Phi) is 6.96. The number of amides is 2. The molecular formula is C22H19N3O6S. The highest BCUT2D eigenvalue weighted by atomic mass is 32.1. The molecule has 2 aromatic carbocycles. The summed E-state index contributed by atoms with van der Waals surface area (Å²) in [7, 11) is 1.51. The Labute approximate surface area is 189 Å². The van der Waals surface area contributed by atoms with Crippen molar-refractivity contribution >= 4 is 40.9 Å². The molecule has 0 bridgehead atoms. The number of carbonyl (C=O) groups is 2. The first-order valence-corrected chi connectivity index (χ1v) is 9.78. The van der Waals surface area contributed by atoms with Crippen molar-refractivity contribution in [1.82, 2.24) is 10.2 Å². The van der Waals surface area contributed by atoms with Crippen LogP contribution in [0.3, 0.4) is 0 Å². The number of benzene rings is 2. The Bertz CT molecular complexity index is 1130. The highest BCUT2D eigenvalue weighted by Crippen LogP contribution is 2.25. The molecule has 0 aromatic heterocycles. The van der Waals surface area contributed by atoms with E-state index in [0.717, 1.165) is 0 Å². The van der Waals surface area contributed by atoms with Crippen LogP contribution >= 0.6 is 12.2 Å². The van der Waals surface area contributed by atoms with Crippen molar-refractivity contribution in [3.63, 3.8) is 0 Å². The average molecular weight is 453 g/mol. The zero-order chi connectivity index (χ0) is 23.3. The summed E-state index contributed by atoms with van der Waals surface area (Å²) in [5, 5.41) is 13.3. The van der Waals surface area contributed by atoms with Gasteiger partial charge < -0.3 is 9.47 Å². The first kappa shape index (κ1) is 22.6. The van der Waals surface area contributed by atoms with Gasteiger partial charge in [0.1, 0.15) is 23.7 Å². The van der Waals surface area contributed by atoms with Gasteiger partial charge in [-0.2, -0.15) is 0 Å².